The molecule has 3 aromatic carbocycles. The second-order valence-corrected chi connectivity index (χ2v) is 7.59. The number of benzene rings is 3. The van der Waals surface area contributed by atoms with Crippen LogP contribution in [0.15, 0.2) is 54.6 Å². The molecule has 0 saturated carbocycles. The highest BCUT2D eigenvalue weighted by atomic mass is 16.6. The minimum Gasteiger partial charge on any atom is -0.508 e. The molecule has 0 bridgehead atoms. The maximum Gasteiger partial charge on any atom is 0.340 e. The molecule has 0 atom stereocenters. The predicted octanol–water partition coefficient (Wildman–Crippen LogP) is 4.40. The molecule has 0 unspecified atom stereocenters. The lowest BCUT2D eigenvalue weighted by Gasteiger charge is -2.36. The lowest BCUT2D eigenvalue weighted by molar-refractivity contribution is -0.116. The van der Waals surface area contributed by atoms with E-state index in [4.69, 9.17) is 9.47 Å². The number of carbonyl (C=O) groups excluding carboxylic acids is 2. The van der Waals surface area contributed by atoms with Gasteiger partial charge in [0.15, 0.2) is 5.60 Å². The Labute approximate surface area is 177 Å². The van der Waals surface area contributed by atoms with Gasteiger partial charge in [-0.1, -0.05) is 6.92 Å². The molecule has 3 N–H and O–H groups in total. The van der Waals surface area contributed by atoms with Crippen molar-refractivity contribution in [3.05, 3.63) is 76.9 Å². The molecule has 156 valence electrons. The highest BCUT2D eigenvalue weighted by molar-refractivity contribution is 5.99. The lowest BCUT2D eigenvalue weighted by Crippen LogP contribution is -2.33. The Morgan fingerprint density at radius 3 is 2.19 bits per heavy atom. The Hall–Kier alpha value is -4.00. The van der Waals surface area contributed by atoms with Crippen LogP contribution in [0.3, 0.4) is 0 Å². The van der Waals surface area contributed by atoms with Crippen LogP contribution in [0.1, 0.15) is 46.8 Å². The Bertz CT molecular complexity index is 1200. The van der Waals surface area contributed by atoms with Crippen molar-refractivity contribution < 1.29 is 29.3 Å². The molecule has 3 aromatic rings. The Morgan fingerprint density at radius 1 is 0.935 bits per heavy atom. The predicted molar refractivity (Wildman–Crippen MR) is 112 cm³/mol. The van der Waals surface area contributed by atoms with Crippen molar-refractivity contribution in [2.45, 2.75) is 25.4 Å². The second-order valence-electron chi connectivity index (χ2n) is 7.59. The van der Waals surface area contributed by atoms with E-state index in [1.807, 2.05) is 6.92 Å². The van der Waals surface area contributed by atoms with Gasteiger partial charge in [0.25, 0.3) is 0 Å². The van der Waals surface area contributed by atoms with E-state index in [2.05, 4.69) is 5.32 Å². The van der Waals surface area contributed by atoms with Crippen LogP contribution < -0.4 is 10.1 Å². The highest BCUT2D eigenvalue weighted by Gasteiger charge is 2.53. The fourth-order valence-corrected chi connectivity index (χ4v) is 4.23. The average Bonchev–Trinajstić information content (AvgIpc) is 3.00. The fourth-order valence-electron chi connectivity index (χ4n) is 4.23. The van der Waals surface area contributed by atoms with Gasteiger partial charge in [-0.2, -0.15) is 0 Å². The Morgan fingerprint density at radius 2 is 1.58 bits per heavy atom. The van der Waals surface area contributed by atoms with Crippen molar-refractivity contribution in [2.24, 2.45) is 0 Å². The van der Waals surface area contributed by atoms with Gasteiger partial charge in [-0.15, -0.1) is 0 Å². The Kier molecular flexibility index (Phi) is 4.15. The standard InChI is InChI=1S/C24H19NO6/c1-2-3-22(28)25-13-4-7-16-19(10-13)24(31-23(16)29)17-8-5-14(26)11-20(17)30-21-12-15(27)6-9-18(21)24/h4-12,26-27H,2-3H2,1H3,(H,25,28). The van der Waals surface area contributed by atoms with Crippen LogP contribution in [0.25, 0.3) is 0 Å². The van der Waals surface area contributed by atoms with Crippen molar-refractivity contribution in [3.63, 3.8) is 0 Å². The largest absolute Gasteiger partial charge is 0.508 e. The summed E-state index contributed by atoms with van der Waals surface area (Å²) in [5, 5.41) is 22.8. The number of phenolic OH excluding ortho intramolecular Hbond substituents is 2. The number of phenols is 2. The quantitative estimate of drug-likeness (QED) is 0.546. The third kappa shape index (κ3) is 2.81. The molecule has 0 aromatic heterocycles. The van der Waals surface area contributed by atoms with Crippen LogP contribution in [0.4, 0.5) is 5.69 Å². The molecular formula is C24H19NO6. The molecule has 2 aliphatic rings. The van der Waals surface area contributed by atoms with Gasteiger partial charge in [0, 0.05) is 40.9 Å². The lowest BCUT2D eigenvalue weighted by atomic mass is 9.77. The van der Waals surface area contributed by atoms with Crippen LogP contribution >= 0.6 is 0 Å². The summed E-state index contributed by atoms with van der Waals surface area (Å²) in [7, 11) is 0. The van der Waals surface area contributed by atoms with E-state index in [9.17, 15) is 19.8 Å². The maximum absolute atomic E-state index is 12.9. The summed E-state index contributed by atoms with van der Waals surface area (Å²) in [5.41, 5.74) is 1.19. The maximum atomic E-state index is 12.9. The summed E-state index contributed by atoms with van der Waals surface area (Å²) < 4.78 is 11.9. The fraction of sp³-hybridized carbons (Fsp3) is 0.167. The van der Waals surface area contributed by atoms with Gasteiger partial charge < -0.3 is 25.0 Å². The number of amides is 1. The van der Waals surface area contributed by atoms with E-state index in [1.54, 1.807) is 30.3 Å². The van der Waals surface area contributed by atoms with Gasteiger partial charge in [0.05, 0.1) is 5.56 Å². The van der Waals surface area contributed by atoms with E-state index < -0.39 is 11.6 Å². The molecule has 0 fully saturated rings. The highest BCUT2D eigenvalue weighted by Crippen LogP contribution is 2.57. The Balaban J connectivity index is 1.76. The smallest absolute Gasteiger partial charge is 0.340 e. The monoisotopic (exact) mass is 417 g/mol. The molecular weight excluding hydrogens is 398 g/mol. The van der Waals surface area contributed by atoms with E-state index in [1.165, 1.54) is 24.3 Å². The van der Waals surface area contributed by atoms with Crippen molar-refractivity contribution in [1.29, 1.82) is 0 Å². The van der Waals surface area contributed by atoms with Gasteiger partial charge >= 0.3 is 5.97 Å². The third-order valence-electron chi connectivity index (χ3n) is 5.53. The van der Waals surface area contributed by atoms with Crippen LogP contribution in [0.2, 0.25) is 0 Å². The van der Waals surface area contributed by atoms with Gasteiger partial charge in [-0.05, 0) is 48.9 Å². The molecule has 2 heterocycles. The van der Waals surface area contributed by atoms with Crippen LogP contribution in [-0.4, -0.2) is 22.1 Å². The molecule has 1 amide bonds. The van der Waals surface area contributed by atoms with Gasteiger partial charge in [-0.25, -0.2) is 4.79 Å². The van der Waals surface area contributed by atoms with E-state index in [0.29, 0.717) is 52.3 Å². The zero-order valence-corrected chi connectivity index (χ0v) is 16.6. The molecule has 31 heavy (non-hydrogen) atoms. The molecule has 2 aliphatic heterocycles. The van der Waals surface area contributed by atoms with Crippen molar-refractivity contribution in [2.75, 3.05) is 5.32 Å². The number of fused-ring (bicyclic) bond motifs is 6. The van der Waals surface area contributed by atoms with E-state index in [-0.39, 0.29) is 17.4 Å². The molecule has 1 spiro atoms. The van der Waals surface area contributed by atoms with Gasteiger partial charge in [0.2, 0.25) is 5.91 Å². The normalized spacial score (nSPS) is 14.8. The van der Waals surface area contributed by atoms with Gasteiger partial charge in [-0.3, -0.25) is 4.79 Å². The van der Waals surface area contributed by atoms with E-state index in [0.717, 1.165) is 0 Å². The van der Waals surface area contributed by atoms with Crippen molar-refractivity contribution >= 4 is 17.6 Å². The number of nitrogens with one attached hydrogen (secondary N) is 1. The first-order valence-electron chi connectivity index (χ1n) is 9.95. The second kappa shape index (κ2) is 6.77. The summed E-state index contributed by atoms with van der Waals surface area (Å²) in [6, 6.07) is 14.2. The molecule has 7 nitrogen and oxygen atoms in total. The molecule has 0 saturated heterocycles. The topological polar surface area (TPSA) is 105 Å². The SMILES string of the molecule is CCCC(=O)Nc1ccc2c(c1)C1(OC2=O)c2ccc(O)cc2Oc2cc(O)ccc21. The third-order valence-corrected chi connectivity index (χ3v) is 5.53. The van der Waals surface area contributed by atoms with Crippen LogP contribution in [0.5, 0.6) is 23.0 Å². The minimum atomic E-state index is -1.35. The van der Waals surface area contributed by atoms with Crippen LogP contribution in [-0.2, 0) is 15.1 Å². The minimum absolute atomic E-state index is 0.0115. The number of carbonyl (C=O) groups is 2. The van der Waals surface area contributed by atoms with E-state index >= 15 is 0 Å². The van der Waals surface area contributed by atoms with Gasteiger partial charge in [0.1, 0.15) is 23.0 Å². The summed E-state index contributed by atoms with van der Waals surface area (Å²) in [6.45, 7) is 1.92. The average molecular weight is 417 g/mol. The molecule has 0 radical (unpaired) electrons. The first kappa shape index (κ1) is 19.0. The first-order valence-corrected chi connectivity index (χ1v) is 9.95. The number of rotatable bonds is 3. The number of anilines is 1. The zero-order chi connectivity index (χ0) is 21.8. The van der Waals surface area contributed by atoms with Crippen LogP contribution in [0, 0.1) is 0 Å². The summed E-state index contributed by atoms with van der Waals surface area (Å²) in [5.74, 6) is -0.0469. The first-order chi connectivity index (χ1) is 14.9. The zero-order valence-electron chi connectivity index (χ0n) is 16.6. The number of hydrogen-bond acceptors (Lipinski definition) is 6. The van der Waals surface area contributed by atoms with Crippen molar-refractivity contribution in [1.82, 2.24) is 0 Å². The number of ether oxygens (including phenoxy) is 2. The molecule has 0 aliphatic carbocycles. The summed E-state index contributed by atoms with van der Waals surface area (Å²) in [6.07, 6.45) is 1.10. The number of aromatic hydroxyl groups is 2. The number of hydrogen-bond donors (Lipinski definition) is 3. The molecule has 5 rings (SSSR count). The summed E-state index contributed by atoms with van der Waals surface area (Å²) >= 11 is 0. The summed E-state index contributed by atoms with van der Waals surface area (Å²) in [4.78, 5) is 25.0. The number of esters is 1. The molecule has 7 heteroatoms. The van der Waals surface area contributed by atoms with Crippen molar-refractivity contribution in [3.8, 4) is 23.0 Å².